The van der Waals surface area contributed by atoms with E-state index in [0.717, 1.165) is 18.4 Å². The largest absolute Gasteiger partial charge is 0.467 e. The van der Waals surface area contributed by atoms with Crippen LogP contribution in [0.15, 0.2) is 23.8 Å². The van der Waals surface area contributed by atoms with Gasteiger partial charge in [-0.2, -0.15) is 0 Å². The molecule has 0 bridgehead atoms. The lowest BCUT2D eigenvalue weighted by atomic mass is 9.46. The first-order chi connectivity index (χ1) is 19.4. The highest BCUT2D eigenvalue weighted by Crippen LogP contribution is 2.67. The molecule has 4 fully saturated rings. The van der Waals surface area contributed by atoms with Gasteiger partial charge in [0, 0.05) is 29.7 Å². The third-order valence-corrected chi connectivity index (χ3v) is 11.1. The maximum Gasteiger partial charge on any atom is 0.328 e. The molecule has 10 nitrogen and oxygen atoms in total. The molecule has 0 radical (unpaired) electrons. The number of aliphatic hydroxyl groups excluding tert-OH is 1. The maximum atomic E-state index is 13.4. The molecule has 0 spiro atoms. The Morgan fingerprint density at radius 3 is 2.61 bits per heavy atom. The van der Waals surface area contributed by atoms with Crippen molar-refractivity contribution in [3.8, 4) is 0 Å². The van der Waals surface area contributed by atoms with Gasteiger partial charge in [0.05, 0.1) is 19.6 Å². The number of esters is 2. The van der Waals surface area contributed by atoms with Crippen molar-refractivity contribution >= 4 is 29.4 Å². The normalized spacial score (nSPS) is 39.3. The molecular weight excluding hydrogens is 530 g/mol. The Morgan fingerprint density at radius 2 is 1.88 bits per heavy atom. The fourth-order valence-electron chi connectivity index (χ4n) is 8.93. The molecule has 2 N–H and O–H groups in total. The predicted molar refractivity (Wildman–Crippen MR) is 145 cm³/mol. The van der Waals surface area contributed by atoms with Crippen LogP contribution in [0.4, 0.5) is 0 Å². The van der Waals surface area contributed by atoms with E-state index in [1.165, 1.54) is 12.0 Å². The van der Waals surface area contributed by atoms with Crippen molar-refractivity contribution in [2.24, 2.45) is 28.6 Å². The van der Waals surface area contributed by atoms with E-state index in [0.29, 0.717) is 25.8 Å². The molecule has 0 unspecified atom stereocenters. The molecule has 1 aliphatic heterocycles. The van der Waals surface area contributed by atoms with Gasteiger partial charge in [-0.1, -0.05) is 25.5 Å². The number of carbonyl (C=O) groups is 5. The molecule has 5 rings (SSSR count). The fraction of sp³-hybridized carbons (Fsp3) is 0.710. The summed E-state index contributed by atoms with van der Waals surface area (Å²) in [6.07, 6.45) is 7.75. The topological polar surface area (TPSA) is 148 Å². The van der Waals surface area contributed by atoms with Gasteiger partial charge in [0.15, 0.2) is 12.4 Å². The smallest absolute Gasteiger partial charge is 0.328 e. The van der Waals surface area contributed by atoms with Crippen LogP contribution in [0, 0.1) is 28.6 Å². The van der Waals surface area contributed by atoms with Gasteiger partial charge in [-0.3, -0.25) is 19.2 Å². The molecule has 5 aliphatic rings. The number of allylic oxidation sites excluding steroid dienone is 4. The molecule has 10 heteroatoms. The number of methoxy groups -OCH3 is 1. The van der Waals surface area contributed by atoms with Crippen molar-refractivity contribution < 1.29 is 43.7 Å². The number of amides is 1. The maximum absolute atomic E-state index is 13.4. The van der Waals surface area contributed by atoms with Crippen molar-refractivity contribution in [2.75, 3.05) is 20.3 Å². The van der Waals surface area contributed by atoms with Crippen LogP contribution in [0.5, 0.6) is 0 Å². The molecule has 224 valence electrons. The second-order valence-electron chi connectivity index (χ2n) is 13.0. The number of fused-ring (bicyclic) bond motifs is 5. The lowest BCUT2D eigenvalue weighted by Gasteiger charge is -2.59. The molecule has 0 aromatic rings. The molecule has 0 aromatic carbocycles. The second-order valence-corrected chi connectivity index (χ2v) is 13.0. The van der Waals surface area contributed by atoms with E-state index in [1.807, 2.05) is 13.0 Å². The Labute approximate surface area is 240 Å². The number of aliphatic hydroxyl groups is 2. The monoisotopic (exact) mass is 571 g/mol. The minimum Gasteiger partial charge on any atom is -0.467 e. The summed E-state index contributed by atoms with van der Waals surface area (Å²) in [4.78, 5) is 63.8. The lowest BCUT2D eigenvalue weighted by Crippen LogP contribution is -2.61. The molecular formula is C31H41NO9. The van der Waals surface area contributed by atoms with E-state index in [-0.39, 0.29) is 55.1 Å². The van der Waals surface area contributed by atoms with Crippen LogP contribution >= 0.6 is 0 Å². The second kappa shape index (κ2) is 10.8. The quantitative estimate of drug-likeness (QED) is 0.438. The highest BCUT2D eigenvalue weighted by Gasteiger charge is 2.68. The molecule has 1 amide bonds. The summed E-state index contributed by atoms with van der Waals surface area (Å²) in [6.45, 7) is 3.74. The number of hydrogen-bond acceptors (Lipinski definition) is 9. The average molecular weight is 572 g/mol. The zero-order chi connectivity index (χ0) is 29.7. The van der Waals surface area contributed by atoms with E-state index in [1.54, 1.807) is 12.2 Å². The molecule has 41 heavy (non-hydrogen) atoms. The van der Waals surface area contributed by atoms with Crippen LogP contribution in [-0.2, 0) is 33.4 Å². The van der Waals surface area contributed by atoms with E-state index >= 15 is 0 Å². The zero-order valence-electron chi connectivity index (χ0n) is 24.1. The first-order valence-corrected chi connectivity index (χ1v) is 14.8. The van der Waals surface area contributed by atoms with Crippen LogP contribution in [0.2, 0.25) is 0 Å². The SMILES string of the molecule is COC(=O)[C@@H]1CCCN1C(=O)CCC(=O)OCC(=O)[C@]1(O)CC[C@H]2[C@@H]3CCC4=CC(=O)C=C[C@]4(C)[C@H]3[C@H](O)C[C@@]21C. The Morgan fingerprint density at radius 1 is 1.12 bits per heavy atom. The summed E-state index contributed by atoms with van der Waals surface area (Å²) in [5.74, 6) is -2.25. The van der Waals surface area contributed by atoms with Crippen LogP contribution < -0.4 is 0 Å². The van der Waals surface area contributed by atoms with Crippen molar-refractivity contribution in [1.29, 1.82) is 0 Å². The molecule has 3 saturated carbocycles. The first kappa shape index (κ1) is 29.6. The minimum absolute atomic E-state index is 0.00852. The van der Waals surface area contributed by atoms with Crippen molar-refractivity contribution in [2.45, 2.75) is 89.4 Å². The van der Waals surface area contributed by atoms with Gasteiger partial charge in [0.2, 0.25) is 11.7 Å². The molecule has 8 atom stereocenters. The molecule has 1 heterocycles. The lowest BCUT2D eigenvalue weighted by molar-refractivity contribution is -0.181. The van der Waals surface area contributed by atoms with E-state index < -0.39 is 52.9 Å². The van der Waals surface area contributed by atoms with Crippen LogP contribution in [0.25, 0.3) is 0 Å². The molecule has 1 saturated heterocycles. The first-order valence-electron chi connectivity index (χ1n) is 14.8. The third kappa shape index (κ3) is 4.76. The van der Waals surface area contributed by atoms with E-state index in [9.17, 15) is 34.2 Å². The number of Topliss-reactive ketones (excluding diaryl/α,β-unsaturated/α-hetero) is 1. The van der Waals surface area contributed by atoms with E-state index in [2.05, 4.69) is 6.92 Å². The van der Waals surface area contributed by atoms with Crippen LogP contribution in [0.3, 0.4) is 0 Å². The summed E-state index contributed by atoms with van der Waals surface area (Å²) >= 11 is 0. The van der Waals surface area contributed by atoms with Crippen molar-refractivity contribution in [3.63, 3.8) is 0 Å². The summed E-state index contributed by atoms with van der Waals surface area (Å²) in [7, 11) is 1.27. The minimum atomic E-state index is -1.75. The van der Waals surface area contributed by atoms with Gasteiger partial charge in [-0.05, 0) is 68.9 Å². The van der Waals surface area contributed by atoms with Gasteiger partial charge in [0.25, 0.3) is 0 Å². The number of likely N-dealkylation sites (tertiary alicyclic amines) is 1. The fourth-order valence-corrected chi connectivity index (χ4v) is 8.93. The zero-order valence-corrected chi connectivity index (χ0v) is 24.1. The van der Waals surface area contributed by atoms with Crippen molar-refractivity contribution in [3.05, 3.63) is 23.8 Å². The number of hydrogen-bond donors (Lipinski definition) is 2. The van der Waals surface area contributed by atoms with Gasteiger partial charge < -0.3 is 24.6 Å². The number of ketones is 2. The molecule has 4 aliphatic carbocycles. The summed E-state index contributed by atoms with van der Waals surface area (Å²) in [5.41, 5.74) is -2.05. The van der Waals surface area contributed by atoms with Crippen LogP contribution in [0.1, 0.15) is 71.6 Å². The van der Waals surface area contributed by atoms with Gasteiger partial charge in [-0.15, -0.1) is 0 Å². The van der Waals surface area contributed by atoms with Gasteiger partial charge >= 0.3 is 11.9 Å². The van der Waals surface area contributed by atoms with E-state index in [4.69, 9.17) is 9.47 Å². The third-order valence-electron chi connectivity index (χ3n) is 11.1. The highest BCUT2D eigenvalue weighted by atomic mass is 16.5. The Bertz CT molecular complexity index is 1210. The van der Waals surface area contributed by atoms with Gasteiger partial charge in [-0.25, -0.2) is 4.79 Å². The Balaban J connectivity index is 1.20. The number of nitrogens with zero attached hydrogens (tertiary/aromatic N) is 1. The Kier molecular flexibility index (Phi) is 7.78. The highest BCUT2D eigenvalue weighted by molar-refractivity contribution is 6.01. The predicted octanol–water partition coefficient (Wildman–Crippen LogP) is 2.05. The number of rotatable bonds is 7. The number of carbonyl (C=O) groups excluding carboxylic acids is 5. The van der Waals surface area contributed by atoms with Crippen molar-refractivity contribution in [1.82, 2.24) is 4.90 Å². The summed E-state index contributed by atoms with van der Waals surface area (Å²) in [5, 5.41) is 23.3. The Hall–Kier alpha value is -2.85. The van der Waals surface area contributed by atoms with Gasteiger partial charge in [0.1, 0.15) is 11.6 Å². The van der Waals surface area contributed by atoms with Crippen LogP contribution in [-0.4, -0.2) is 82.5 Å². The summed E-state index contributed by atoms with van der Waals surface area (Å²) < 4.78 is 9.98. The molecule has 0 aromatic heterocycles. The average Bonchev–Trinajstić information content (AvgIpc) is 3.53. The number of ether oxygens (including phenoxy) is 2. The summed E-state index contributed by atoms with van der Waals surface area (Å²) in [6, 6.07) is -0.646. The standard InChI is InChI=1S/C31H41NO9/c1-29-12-10-19(33)15-18(29)6-7-20-21-11-13-31(39,30(21,2)16-23(34)27(20)29)24(35)17-41-26(37)9-8-25(36)32-14-4-5-22(32)28(38)40-3/h10,12,15,20-23,27,34,39H,4-9,11,13-14,16-17H2,1-3H3/t20-,21-,22-,23+,27+,29-,30-,31+/m0/s1.